The first-order chi connectivity index (χ1) is 5.07. The van der Waals surface area contributed by atoms with Crippen LogP contribution in [0.2, 0.25) is 0 Å². The molecule has 0 spiro atoms. The van der Waals surface area contributed by atoms with E-state index < -0.39 is 0 Å². The van der Waals surface area contributed by atoms with Crippen LogP contribution in [0.5, 0.6) is 0 Å². The lowest BCUT2D eigenvalue weighted by Crippen LogP contribution is -2.42. The van der Waals surface area contributed by atoms with Gasteiger partial charge >= 0.3 is 0 Å². The minimum Gasteiger partial charge on any atom is -0.377 e. The van der Waals surface area contributed by atoms with Gasteiger partial charge < -0.3 is 4.74 Å². The summed E-state index contributed by atoms with van der Waals surface area (Å²) in [6, 6.07) is 0.261. The van der Waals surface area contributed by atoms with Crippen LogP contribution in [0.3, 0.4) is 0 Å². The monoisotopic (exact) mass is 160 g/mol. The van der Waals surface area contributed by atoms with E-state index in [1.165, 1.54) is 0 Å². The fraction of sp³-hybridized carbons (Fsp3) is 1.00. The van der Waals surface area contributed by atoms with Crippen LogP contribution in [0, 0.1) is 5.92 Å². The van der Waals surface area contributed by atoms with Crippen molar-refractivity contribution < 1.29 is 4.74 Å². The Kier molecular flexibility index (Phi) is 5.46. The van der Waals surface area contributed by atoms with Gasteiger partial charge in [0, 0.05) is 6.04 Å². The topological polar surface area (TPSA) is 47.3 Å². The Balaban J connectivity index is 3.52. The molecule has 68 valence electrons. The predicted octanol–water partition coefficient (Wildman–Crippen LogP) is 0.899. The first-order valence-corrected chi connectivity index (χ1v) is 4.15. The second-order valence-electron chi connectivity index (χ2n) is 3.40. The van der Waals surface area contributed by atoms with E-state index in [9.17, 15) is 0 Å². The van der Waals surface area contributed by atoms with Crippen molar-refractivity contribution in [3.63, 3.8) is 0 Å². The molecule has 0 heterocycles. The quantitative estimate of drug-likeness (QED) is 0.464. The Hall–Kier alpha value is -0.120. The summed E-state index contributed by atoms with van der Waals surface area (Å²) in [5.74, 6) is 5.84. The number of rotatable bonds is 5. The van der Waals surface area contributed by atoms with Gasteiger partial charge in [-0.25, -0.2) is 0 Å². The zero-order valence-electron chi connectivity index (χ0n) is 7.92. The normalized spacial score (nSPS) is 14.5. The van der Waals surface area contributed by atoms with E-state index in [1.807, 2.05) is 13.8 Å². The third-order valence-electron chi connectivity index (χ3n) is 1.63. The third-order valence-corrected chi connectivity index (χ3v) is 1.63. The number of nitrogens with one attached hydrogen (secondary N) is 1. The second-order valence-corrected chi connectivity index (χ2v) is 3.40. The van der Waals surface area contributed by atoms with Gasteiger partial charge in [-0.05, 0) is 19.8 Å². The molecule has 0 saturated carbocycles. The van der Waals surface area contributed by atoms with Crippen molar-refractivity contribution in [2.24, 2.45) is 11.8 Å². The average Bonchev–Trinajstić information content (AvgIpc) is 1.87. The van der Waals surface area contributed by atoms with Crippen molar-refractivity contribution in [3.05, 3.63) is 0 Å². The lowest BCUT2D eigenvalue weighted by atomic mass is 10.1. The van der Waals surface area contributed by atoms with E-state index in [1.54, 1.807) is 0 Å². The highest BCUT2D eigenvalue weighted by Crippen LogP contribution is 2.01. The summed E-state index contributed by atoms with van der Waals surface area (Å²) in [4.78, 5) is 0. The van der Waals surface area contributed by atoms with Crippen LogP contribution in [0.4, 0.5) is 0 Å². The number of hydrazine groups is 1. The highest BCUT2D eigenvalue weighted by Gasteiger charge is 2.11. The summed E-state index contributed by atoms with van der Waals surface area (Å²) in [6.45, 7) is 8.97. The van der Waals surface area contributed by atoms with E-state index >= 15 is 0 Å². The van der Waals surface area contributed by atoms with Crippen molar-refractivity contribution in [1.82, 2.24) is 5.43 Å². The summed E-state index contributed by atoms with van der Waals surface area (Å²) in [6.07, 6.45) is 0.282. The van der Waals surface area contributed by atoms with Gasteiger partial charge in [-0.1, -0.05) is 13.8 Å². The van der Waals surface area contributed by atoms with E-state index in [0.29, 0.717) is 12.5 Å². The Morgan fingerprint density at radius 2 is 1.82 bits per heavy atom. The molecule has 1 unspecified atom stereocenters. The van der Waals surface area contributed by atoms with Gasteiger partial charge in [-0.3, -0.25) is 11.3 Å². The Morgan fingerprint density at radius 1 is 1.27 bits per heavy atom. The van der Waals surface area contributed by atoms with Gasteiger partial charge in [0.05, 0.1) is 12.7 Å². The molecule has 0 aliphatic heterocycles. The van der Waals surface area contributed by atoms with Gasteiger partial charge in [-0.2, -0.15) is 0 Å². The number of nitrogens with two attached hydrogens (primary N) is 1. The molecule has 0 saturated heterocycles. The zero-order chi connectivity index (χ0) is 8.85. The summed E-state index contributed by atoms with van der Waals surface area (Å²) >= 11 is 0. The van der Waals surface area contributed by atoms with E-state index in [2.05, 4.69) is 19.3 Å². The van der Waals surface area contributed by atoms with Crippen LogP contribution in [-0.2, 0) is 4.74 Å². The molecule has 3 nitrogen and oxygen atoms in total. The molecule has 0 aliphatic rings. The molecule has 0 radical (unpaired) electrons. The van der Waals surface area contributed by atoms with Crippen LogP contribution in [0.25, 0.3) is 0 Å². The molecule has 1 atom stereocenters. The largest absolute Gasteiger partial charge is 0.377 e. The van der Waals surface area contributed by atoms with Gasteiger partial charge in [-0.15, -0.1) is 0 Å². The molecular formula is C8H20N2O. The Bertz CT molecular complexity index is 94.1. The van der Waals surface area contributed by atoms with Gasteiger partial charge in [0.2, 0.25) is 0 Å². The summed E-state index contributed by atoms with van der Waals surface area (Å²) in [5, 5.41) is 0. The van der Waals surface area contributed by atoms with Crippen LogP contribution < -0.4 is 11.3 Å². The van der Waals surface area contributed by atoms with Crippen molar-refractivity contribution in [3.8, 4) is 0 Å². The molecule has 0 rings (SSSR count). The van der Waals surface area contributed by atoms with Gasteiger partial charge in [0.1, 0.15) is 0 Å². The fourth-order valence-electron chi connectivity index (χ4n) is 0.729. The number of ether oxygens (including phenoxy) is 1. The molecule has 0 aromatic carbocycles. The lowest BCUT2D eigenvalue weighted by Gasteiger charge is -2.20. The zero-order valence-corrected chi connectivity index (χ0v) is 7.92. The molecule has 3 N–H and O–H groups in total. The van der Waals surface area contributed by atoms with Crippen LogP contribution in [-0.4, -0.2) is 18.8 Å². The fourth-order valence-corrected chi connectivity index (χ4v) is 0.729. The van der Waals surface area contributed by atoms with Crippen LogP contribution >= 0.6 is 0 Å². The standard InChI is InChI=1S/C8H20N2O/c1-6(2)8(10-9)5-11-7(3)4/h6-8,10H,5,9H2,1-4H3. The van der Waals surface area contributed by atoms with E-state index in [4.69, 9.17) is 10.6 Å². The van der Waals surface area contributed by atoms with Gasteiger partial charge in [0.15, 0.2) is 0 Å². The SMILES string of the molecule is CC(C)OCC(NN)C(C)C. The van der Waals surface area contributed by atoms with Crippen LogP contribution in [0.15, 0.2) is 0 Å². The van der Waals surface area contributed by atoms with Gasteiger partial charge in [0.25, 0.3) is 0 Å². The maximum atomic E-state index is 5.41. The summed E-state index contributed by atoms with van der Waals surface area (Å²) < 4.78 is 5.41. The average molecular weight is 160 g/mol. The summed E-state index contributed by atoms with van der Waals surface area (Å²) in [7, 11) is 0. The van der Waals surface area contributed by atoms with Crippen LogP contribution in [0.1, 0.15) is 27.7 Å². The van der Waals surface area contributed by atoms with Crippen molar-refractivity contribution >= 4 is 0 Å². The predicted molar refractivity (Wildman–Crippen MR) is 47.0 cm³/mol. The molecule has 0 amide bonds. The third kappa shape index (κ3) is 5.18. The second kappa shape index (κ2) is 5.52. The first-order valence-electron chi connectivity index (χ1n) is 4.15. The summed E-state index contributed by atoms with van der Waals surface area (Å²) in [5.41, 5.74) is 2.73. The highest BCUT2D eigenvalue weighted by atomic mass is 16.5. The lowest BCUT2D eigenvalue weighted by molar-refractivity contribution is 0.0519. The number of hydrogen-bond acceptors (Lipinski definition) is 3. The first kappa shape index (κ1) is 10.9. The molecule has 0 fully saturated rings. The van der Waals surface area contributed by atoms with E-state index in [0.717, 1.165) is 0 Å². The maximum absolute atomic E-state index is 5.41. The molecule has 0 aromatic heterocycles. The Morgan fingerprint density at radius 3 is 2.09 bits per heavy atom. The molecule has 0 aliphatic carbocycles. The minimum atomic E-state index is 0.261. The molecule has 0 aromatic rings. The van der Waals surface area contributed by atoms with Crippen molar-refractivity contribution in [2.75, 3.05) is 6.61 Å². The van der Waals surface area contributed by atoms with E-state index in [-0.39, 0.29) is 12.1 Å². The molecular weight excluding hydrogens is 140 g/mol. The maximum Gasteiger partial charge on any atom is 0.0639 e. The number of hydrogen-bond donors (Lipinski definition) is 2. The Labute approximate surface area is 69.3 Å². The minimum absolute atomic E-state index is 0.261. The van der Waals surface area contributed by atoms with Crippen molar-refractivity contribution in [1.29, 1.82) is 0 Å². The smallest absolute Gasteiger partial charge is 0.0639 e. The molecule has 3 heteroatoms. The van der Waals surface area contributed by atoms with Crippen molar-refractivity contribution in [2.45, 2.75) is 39.8 Å². The molecule has 11 heavy (non-hydrogen) atoms. The highest BCUT2D eigenvalue weighted by molar-refractivity contribution is 4.66. The molecule has 0 bridgehead atoms.